The van der Waals surface area contributed by atoms with Gasteiger partial charge in [0.25, 0.3) is 0 Å². The van der Waals surface area contributed by atoms with Crippen molar-refractivity contribution in [3.8, 4) is 11.5 Å². The minimum Gasteiger partial charge on any atom is -0.496 e. The summed E-state index contributed by atoms with van der Waals surface area (Å²) >= 11 is 0. The van der Waals surface area contributed by atoms with Gasteiger partial charge in [0.05, 0.1) is 19.3 Å². The van der Waals surface area contributed by atoms with Crippen LogP contribution in [0, 0.1) is 0 Å². The van der Waals surface area contributed by atoms with Gasteiger partial charge in [-0.25, -0.2) is 0 Å². The van der Waals surface area contributed by atoms with E-state index in [9.17, 15) is 9.59 Å². The van der Waals surface area contributed by atoms with Gasteiger partial charge in [0.15, 0.2) is 6.29 Å². The standard InChI is InChI=1S/C21H25NO4/c1-3-16-6-8-17(9-7-16)14-22-21(24)5-4-12-26-19-11-10-18(15-23)20(13-19)25-2/h6-11,13,15H,3-5,12,14H2,1-2H3,(H,22,24). The molecule has 0 heterocycles. The highest BCUT2D eigenvalue weighted by Crippen LogP contribution is 2.23. The smallest absolute Gasteiger partial charge is 0.220 e. The zero-order valence-electron chi connectivity index (χ0n) is 15.3. The van der Waals surface area contributed by atoms with Crippen LogP contribution in [0.25, 0.3) is 0 Å². The van der Waals surface area contributed by atoms with E-state index >= 15 is 0 Å². The average Bonchev–Trinajstić information content (AvgIpc) is 2.69. The van der Waals surface area contributed by atoms with E-state index in [2.05, 4.69) is 24.4 Å². The van der Waals surface area contributed by atoms with E-state index in [0.29, 0.717) is 43.1 Å². The van der Waals surface area contributed by atoms with Crippen molar-refractivity contribution in [1.82, 2.24) is 5.32 Å². The molecule has 0 fully saturated rings. The quantitative estimate of drug-likeness (QED) is 0.523. The maximum absolute atomic E-state index is 11.9. The Labute approximate surface area is 154 Å². The Hall–Kier alpha value is -2.82. The average molecular weight is 355 g/mol. The summed E-state index contributed by atoms with van der Waals surface area (Å²) in [6.07, 6.45) is 2.76. The highest BCUT2D eigenvalue weighted by molar-refractivity contribution is 5.79. The molecule has 0 saturated heterocycles. The summed E-state index contributed by atoms with van der Waals surface area (Å²) in [6.45, 7) is 3.07. The van der Waals surface area contributed by atoms with Crippen LogP contribution in [-0.4, -0.2) is 25.9 Å². The molecule has 1 amide bonds. The number of nitrogens with one attached hydrogen (secondary N) is 1. The molecule has 0 spiro atoms. The highest BCUT2D eigenvalue weighted by atomic mass is 16.5. The molecule has 5 heteroatoms. The minimum atomic E-state index is 0.00190. The lowest BCUT2D eigenvalue weighted by Gasteiger charge is -2.09. The van der Waals surface area contributed by atoms with Crippen LogP contribution in [0.4, 0.5) is 0 Å². The lowest BCUT2D eigenvalue weighted by Crippen LogP contribution is -2.22. The zero-order chi connectivity index (χ0) is 18.8. The van der Waals surface area contributed by atoms with Gasteiger partial charge < -0.3 is 14.8 Å². The Morgan fingerprint density at radius 2 is 1.85 bits per heavy atom. The summed E-state index contributed by atoms with van der Waals surface area (Å²) in [6, 6.07) is 13.3. The molecule has 0 aliphatic rings. The second-order valence-electron chi connectivity index (χ2n) is 5.92. The Morgan fingerprint density at radius 3 is 2.50 bits per heavy atom. The van der Waals surface area contributed by atoms with E-state index in [1.54, 1.807) is 18.2 Å². The number of benzene rings is 2. The number of hydrogen-bond donors (Lipinski definition) is 1. The van der Waals surface area contributed by atoms with Gasteiger partial charge in [-0.15, -0.1) is 0 Å². The fourth-order valence-corrected chi connectivity index (χ4v) is 2.48. The predicted molar refractivity (Wildman–Crippen MR) is 101 cm³/mol. The number of aryl methyl sites for hydroxylation is 1. The minimum absolute atomic E-state index is 0.00190. The molecule has 0 unspecified atom stereocenters. The molecule has 0 bridgehead atoms. The molecule has 0 radical (unpaired) electrons. The van der Waals surface area contributed by atoms with Gasteiger partial charge in [-0.2, -0.15) is 0 Å². The SMILES string of the molecule is CCc1ccc(CNC(=O)CCCOc2ccc(C=O)c(OC)c2)cc1. The molecule has 0 atom stereocenters. The number of aldehydes is 1. The summed E-state index contributed by atoms with van der Waals surface area (Å²) in [4.78, 5) is 22.8. The largest absolute Gasteiger partial charge is 0.496 e. The monoisotopic (exact) mass is 355 g/mol. The van der Waals surface area contributed by atoms with Crippen molar-refractivity contribution in [3.05, 3.63) is 59.2 Å². The maximum Gasteiger partial charge on any atom is 0.220 e. The van der Waals surface area contributed by atoms with Crippen LogP contribution in [-0.2, 0) is 17.8 Å². The fraction of sp³-hybridized carbons (Fsp3) is 0.333. The van der Waals surface area contributed by atoms with Gasteiger partial charge in [-0.1, -0.05) is 31.2 Å². The third-order valence-electron chi connectivity index (χ3n) is 4.07. The van der Waals surface area contributed by atoms with Crippen LogP contribution in [0.1, 0.15) is 41.3 Å². The first-order valence-corrected chi connectivity index (χ1v) is 8.76. The van der Waals surface area contributed by atoms with Crippen molar-refractivity contribution in [2.45, 2.75) is 32.7 Å². The van der Waals surface area contributed by atoms with E-state index in [1.807, 2.05) is 12.1 Å². The third-order valence-corrected chi connectivity index (χ3v) is 4.07. The summed E-state index contributed by atoms with van der Waals surface area (Å²) in [5.74, 6) is 1.09. The maximum atomic E-state index is 11.9. The van der Waals surface area contributed by atoms with Crippen LogP contribution >= 0.6 is 0 Å². The molecule has 5 nitrogen and oxygen atoms in total. The first-order valence-electron chi connectivity index (χ1n) is 8.76. The first kappa shape index (κ1) is 19.5. The van der Waals surface area contributed by atoms with Gasteiger partial charge in [-0.05, 0) is 36.1 Å². The van der Waals surface area contributed by atoms with Gasteiger partial charge in [0.1, 0.15) is 11.5 Å². The van der Waals surface area contributed by atoms with Crippen LogP contribution < -0.4 is 14.8 Å². The van der Waals surface area contributed by atoms with Crippen LogP contribution in [0.5, 0.6) is 11.5 Å². The number of carbonyl (C=O) groups excluding carboxylic acids is 2. The predicted octanol–water partition coefficient (Wildman–Crippen LogP) is 3.55. The van der Waals surface area contributed by atoms with Gasteiger partial charge in [0, 0.05) is 19.0 Å². The lowest BCUT2D eigenvalue weighted by molar-refractivity contribution is -0.121. The molecular formula is C21H25NO4. The highest BCUT2D eigenvalue weighted by Gasteiger charge is 2.05. The summed E-state index contributed by atoms with van der Waals surface area (Å²) in [5.41, 5.74) is 2.86. The molecule has 1 N–H and O–H groups in total. The molecule has 2 aromatic carbocycles. The first-order chi connectivity index (χ1) is 12.7. The van der Waals surface area contributed by atoms with E-state index in [1.165, 1.54) is 12.7 Å². The molecule has 0 aliphatic carbocycles. The fourth-order valence-electron chi connectivity index (χ4n) is 2.48. The Balaban J connectivity index is 1.68. The van der Waals surface area contributed by atoms with Crippen molar-refractivity contribution >= 4 is 12.2 Å². The molecule has 138 valence electrons. The van der Waals surface area contributed by atoms with Gasteiger partial charge in [-0.3, -0.25) is 9.59 Å². The van der Waals surface area contributed by atoms with Crippen molar-refractivity contribution in [3.63, 3.8) is 0 Å². The number of amides is 1. The van der Waals surface area contributed by atoms with Gasteiger partial charge >= 0.3 is 0 Å². The van der Waals surface area contributed by atoms with Crippen LogP contribution in [0.2, 0.25) is 0 Å². The Morgan fingerprint density at radius 1 is 1.12 bits per heavy atom. The molecular weight excluding hydrogens is 330 g/mol. The number of methoxy groups -OCH3 is 1. The number of carbonyl (C=O) groups is 2. The van der Waals surface area contributed by atoms with E-state index in [4.69, 9.17) is 9.47 Å². The molecule has 26 heavy (non-hydrogen) atoms. The molecule has 2 aromatic rings. The van der Waals surface area contributed by atoms with Crippen molar-refractivity contribution in [2.75, 3.05) is 13.7 Å². The van der Waals surface area contributed by atoms with E-state index in [0.717, 1.165) is 18.3 Å². The number of hydrogen-bond acceptors (Lipinski definition) is 4. The topological polar surface area (TPSA) is 64.6 Å². The normalized spacial score (nSPS) is 10.2. The second kappa shape index (κ2) is 10.2. The summed E-state index contributed by atoms with van der Waals surface area (Å²) in [7, 11) is 1.51. The Bertz CT molecular complexity index is 725. The zero-order valence-corrected chi connectivity index (χ0v) is 15.3. The number of ether oxygens (including phenoxy) is 2. The van der Waals surface area contributed by atoms with E-state index in [-0.39, 0.29) is 5.91 Å². The molecule has 0 saturated carbocycles. The number of rotatable bonds is 10. The second-order valence-corrected chi connectivity index (χ2v) is 5.92. The lowest BCUT2D eigenvalue weighted by atomic mass is 10.1. The van der Waals surface area contributed by atoms with Crippen molar-refractivity contribution < 1.29 is 19.1 Å². The summed E-state index contributed by atoms with van der Waals surface area (Å²) in [5, 5.41) is 2.92. The molecule has 2 rings (SSSR count). The van der Waals surface area contributed by atoms with Crippen LogP contribution in [0.15, 0.2) is 42.5 Å². The van der Waals surface area contributed by atoms with Crippen molar-refractivity contribution in [2.24, 2.45) is 0 Å². The van der Waals surface area contributed by atoms with E-state index < -0.39 is 0 Å². The third kappa shape index (κ3) is 5.92. The Kier molecular flexibility index (Phi) is 7.68. The van der Waals surface area contributed by atoms with Crippen LogP contribution in [0.3, 0.4) is 0 Å². The molecule has 0 aliphatic heterocycles. The molecule has 0 aromatic heterocycles. The van der Waals surface area contributed by atoms with Crippen molar-refractivity contribution in [1.29, 1.82) is 0 Å². The summed E-state index contributed by atoms with van der Waals surface area (Å²) < 4.78 is 10.7. The van der Waals surface area contributed by atoms with Gasteiger partial charge in [0.2, 0.25) is 5.91 Å².